The van der Waals surface area contributed by atoms with Gasteiger partial charge in [0.05, 0.1) is 25.8 Å². The average Bonchev–Trinajstić information content (AvgIpc) is 3.62. The van der Waals surface area contributed by atoms with Crippen LogP contribution in [-0.2, 0) is 24.3 Å². The Balaban J connectivity index is 1.49. The summed E-state index contributed by atoms with van der Waals surface area (Å²) in [5.74, 6) is 0.00334. The van der Waals surface area contributed by atoms with E-state index < -0.39 is 11.2 Å². The van der Waals surface area contributed by atoms with Gasteiger partial charge in [0.15, 0.2) is 5.69 Å². The SMILES string of the molecule is Nc1c(N(Cc2ccco2)C(=O)Cc2ccc(-n3cccc3)cc2)c(=O)[nH]c(=O)n1Cc1ccccc1. The van der Waals surface area contributed by atoms with E-state index in [1.165, 1.54) is 15.7 Å². The van der Waals surface area contributed by atoms with E-state index in [1.807, 2.05) is 83.7 Å². The molecule has 3 N–H and O–H groups in total. The second kappa shape index (κ2) is 10.3. The van der Waals surface area contributed by atoms with Crippen LogP contribution in [0.1, 0.15) is 16.9 Å². The number of hydrogen-bond acceptors (Lipinski definition) is 5. The largest absolute Gasteiger partial charge is 0.467 e. The Morgan fingerprint density at radius 1 is 0.892 bits per heavy atom. The van der Waals surface area contributed by atoms with Gasteiger partial charge in [0, 0.05) is 18.1 Å². The van der Waals surface area contributed by atoms with Crippen molar-refractivity contribution >= 4 is 17.4 Å². The van der Waals surface area contributed by atoms with Crippen LogP contribution in [0, 0.1) is 0 Å². The average molecular weight is 496 g/mol. The maximum absolute atomic E-state index is 13.6. The monoisotopic (exact) mass is 495 g/mol. The lowest BCUT2D eigenvalue weighted by molar-refractivity contribution is -0.118. The molecule has 0 radical (unpaired) electrons. The predicted molar refractivity (Wildman–Crippen MR) is 141 cm³/mol. The summed E-state index contributed by atoms with van der Waals surface area (Å²) in [5.41, 5.74) is 7.44. The van der Waals surface area contributed by atoms with Gasteiger partial charge in [-0.25, -0.2) is 4.79 Å². The lowest BCUT2D eigenvalue weighted by Crippen LogP contribution is -2.41. The molecule has 186 valence electrons. The van der Waals surface area contributed by atoms with E-state index in [2.05, 4.69) is 4.98 Å². The fourth-order valence-electron chi connectivity index (χ4n) is 4.17. The molecule has 3 heterocycles. The molecular weight excluding hydrogens is 470 g/mol. The van der Waals surface area contributed by atoms with Gasteiger partial charge in [0.25, 0.3) is 5.56 Å². The van der Waals surface area contributed by atoms with Crippen molar-refractivity contribution in [1.82, 2.24) is 14.1 Å². The van der Waals surface area contributed by atoms with Crippen LogP contribution in [-0.4, -0.2) is 20.0 Å². The molecule has 1 amide bonds. The summed E-state index contributed by atoms with van der Waals surface area (Å²) >= 11 is 0. The minimum absolute atomic E-state index is 0.0172. The van der Waals surface area contributed by atoms with Gasteiger partial charge in [-0.15, -0.1) is 0 Å². The van der Waals surface area contributed by atoms with Crippen molar-refractivity contribution in [2.75, 3.05) is 10.6 Å². The molecule has 0 aliphatic carbocycles. The number of nitrogen functional groups attached to an aromatic ring is 1. The summed E-state index contributed by atoms with van der Waals surface area (Å²) < 4.78 is 8.67. The molecule has 9 nitrogen and oxygen atoms in total. The van der Waals surface area contributed by atoms with Crippen LogP contribution in [0.3, 0.4) is 0 Å². The molecular formula is C28H25N5O4. The van der Waals surface area contributed by atoms with Crippen molar-refractivity contribution in [3.8, 4) is 5.69 Å². The number of aromatic nitrogens is 3. The fraction of sp³-hybridized carbons (Fsp3) is 0.107. The Kier molecular flexibility index (Phi) is 6.58. The minimum atomic E-state index is -0.741. The molecule has 0 saturated carbocycles. The highest BCUT2D eigenvalue weighted by molar-refractivity contribution is 5.96. The first-order valence-electron chi connectivity index (χ1n) is 11.7. The third-order valence-electron chi connectivity index (χ3n) is 6.06. The molecule has 2 aromatic carbocycles. The van der Waals surface area contributed by atoms with E-state index in [-0.39, 0.29) is 36.9 Å². The molecule has 0 fully saturated rings. The number of nitrogens with one attached hydrogen (secondary N) is 1. The quantitative estimate of drug-likeness (QED) is 0.342. The number of carbonyl (C=O) groups is 1. The molecule has 0 unspecified atom stereocenters. The van der Waals surface area contributed by atoms with Gasteiger partial charge >= 0.3 is 5.69 Å². The zero-order valence-corrected chi connectivity index (χ0v) is 19.9. The van der Waals surface area contributed by atoms with E-state index in [0.717, 1.165) is 16.8 Å². The zero-order valence-electron chi connectivity index (χ0n) is 19.9. The summed E-state index contributed by atoms with van der Waals surface area (Å²) in [6, 6.07) is 24.1. The number of anilines is 2. The first-order chi connectivity index (χ1) is 18.0. The van der Waals surface area contributed by atoms with Crippen molar-refractivity contribution in [2.24, 2.45) is 0 Å². The van der Waals surface area contributed by atoms with Crippen molar-refractivity contribution in [3.63, 3.8) is 0 Å². The molecule has 5 aromatic rings. The molecule has 0 bridgehead atoms. The molecule has 0 aliphatic rings. The van der Waals surface area contributed by atoms with E-state index in [4.69, 9.17) is 10.2 Å². The van der Waals surface area contributed by atoms with E-state index in [1.54, 1.807) is 12.1 Å². The third-order valence-corrected chi connectivity index (χ3v) is 6.06. The number of nitrogens with zero attached hydrogens (tertiary/aromatic N) is 3. The minimum Gasteiger partial charge on any atom is -0.467 e. The highest BCUT2D eigenvalue weighted by Crippen LogP contribution is 2.22. The lowest BCUT2D eigenvalue weighted by Gasteiger charge is -2.24. The number of hydrogen-bond donors (Lipinski definition) is 2. The molecule has 0 spiro atoms. The van der Waals surface area contributed by atoms with Crippen molar-refractivity contribution < 1.29 is 9.21 Å². The first kappa shape index (κ1) is 23.7. The Bertz CT molecular complexity index is 1600. The number of nitrogens with two attached hydrogens (primary N) is 1. The van der Waals surface area contributed by atoms with Gasteiger partial charge in [-0.1, -0.05) is 42.5 Å². The van der Waals surface area contributed by atoms with Crippen LogP contribution in [0.4, 0.5) is 11.5 Å². The van der Waals surface area contributed by atoms with Crippen molar-refractivity contribution in [1.29, 1.82) is 0 Å². The van der Waals surface area contributed by atoms with Gasteiger partial charge < -0.3 is 14.7 Å². The maximum atomic E-state index is 13.6. The molecule has 0 atom stereocenters. The summed E-state index contributed by atoms with van der Waals surface area (Å²) in [6.45, 7) is 0.114. The fourth-order valence-corrected chi connectivity index (χ4v) is 4.17. The highest BCUT2D eigenvalue weighted by atomic mass is 16.3. The van der Waals surface area contributed by atoms with Crippen LogP contribution in [0.5, 0.6) is 0 Å². The van der Waals surface area contributed by atoms with Gasteiger partial charge in [-0.05, 0) is 47.5 Å². The maximum Gasteiger partial charge on any atom is 0.330 e. The van der Waals surface area contributed by atoms with Crippen LogP contribution in [0.25, 0.3) is 5.69 Å². The Labute approximate surface area is 212 Å². The van der Waals surface area contributed by atoms with Crippen LogP contribution in [0.15, 0.2) is 112 Å². The van der Waals surface area contributed by atoms with Gasteiger partial charge in [-0.3, -0.25) is 24.0 Å². The second-order valence-corrected chi connectivity index (χ2v) is 8.56. The van der Waals surface area contributed by atoms with Crippen molar-refractivity contribution in [2.45, 2.75) is 19.5 Å². The summed E-state index contributed by atoms with van der Waals surface area (Å²) in [7, 11) is 0. The molecule has 5 rings (SSSR count). The third kappa shape index (κ3) is 5.15. The number of amides is 1. The van der Waals surface area contributed by atoms with Gasteiger partial charge in [0.1, 0.15) is 11.6 Å². The number of H-pyrrole nitrogens is 1. The number of furan rings is 1. The molecule has 3 aromatic heterocycles. The standard InChI is InChI=1S/C28H25N5O4/c29-26-25(27(35)30-28(36)33(26)18-21-7-2-1-3-8-21)32(19-23-9-6-16-37-23)24(34)17-20-10-12-22(13-11-20)31-14-4-5-15-31/h1-16H,17-19,29H2,(H,30,35,36). The van der Waals surface area contributed by atoms with E-state index in [0.29, 0.717) is 5.76 Å². The number of benzene rings is 2. The molecule has 9 heteroatoms. The van der Waals surface area contributed by atoms with E-state index in [9.17, 15) is 14.4 Å². The molecule has 37 heavy (non-hydrogen) atoms. The van der Waals surface area contributed by atoms with Crippen LogP contribution in [0.2, 0.25) is 0 Å². The smallest absolute Gasteiger partial charge is 0.330 e. The number of aromatic amines is 1. The summed E-state index contributed by atoms with van der Waals surface area (Å²) in [5, 5.41) is 0. The Morgan fingerprint density at radius 3 is 2.30 bits per heavy atom. The highest BCUT2D eigenvalue weighted by Gasteiger charge is 2.25. The molecule has 0 saturated heterocycles. The summed E-state index contributed by atoms with van der Waals surface area (Å²) in [4.78, 5) is 42.8. The molecule has 0 aliphatic heterocycles. The van der Waals surface area contributed by atoms with Gasteiger partial charge in [-0.2, -0.15) is 0 Å². The number of rotatable bonds is 8. The second-order valence-electron chi connectivity index (χ2n) is 8.56. The lowest BCUT2D eigenvalue weighted by atomic mass is 10.1. The van der Waals surface area contributed by atoms with Crippen molar-refractivity contribution in [3.05, 3.63) is 135 Å². The first-order valence-corrected chi connectivity index (χ1v) is 11.7. The normalized spacial score (nSPS) is 10.9. The van der Waals surface area contributed by atoms with E-state index >= 15 is 0 Å². The zero-order chi connectivity index (χ0) is 25.8. The van der Waals surface area contributed by atoms with Crippen LogP contribution >= 0.6 is 0 Å². The Hall–Kier alpha value is -5.05. The Morgan fingerprint density at radius 2 is 1.62 bits per heavy atom. The van der Waals surface area contributed by atoms with Crippen LogP contribution < -0.4 is 21.9 Å². The van der Waals surface area contributed by atoms with Gasteiger partial charge in [0.2, 0.25) is 5.91 Å². The summed E-state index contributed by atoms with van der Waals surface area (Å²) in [6.07, 6.45) is 5.38. The topological polar surface area (TPSA) is 119 Å². The predicted octanol–water partition coefficient (Wildman–Crippen LogP) is 3.33. The number of carbonyl (C=O) groups excluding carboxylic acids is 1.